The smallest absolute Gasteiger partial charge is 0.239 e. The molecule has 0 saturated carbocycles. The first-order valence-electron chi connectivity index (χ1n) is 5.04. The van der Waals surface area contributed by atoms with E-state index in [0.717, 1.165) is 6.42 Å². The van der Waals surface area contributed by atoms with Crippen LogP contribution >= 0.6 is 12.4 Å². The molecule has 1 amide bonds. The third kappa shape index (κ3) is 6.71. The molecule has 5 heteroatoms. The predicted octanol–water partition coefficient (Wildman–Crippen LogP) is 0.669. The summed E-state index contributed by atoms with van der Waals surface area (Å²) in [6.45, 7) is 7.50. The second-order valence-corrected chi connectivity index (χ2v) is 4.38. The number of hydrogen-bond acceptors (Lipinski definition) is 3. The molecule has 0 aliphatic heterocycles. The Morgan fingerprint density at radius 2 is 2.00 bits per heavy atom. The fourth-order valence-corrected chi connectivity index (χ4v) is 0.898. The number of nitrogens with two attached hydrogens (primary N) is 1. The van der Waals surface area contributed by atoms with Gasteiger partial charge in [-0.15, -0.1) is 12.4 Å². The zero-order valence-electron chi connectivity index (χ0n) is 9.91. The lowest BCUT2D eigenvalue weighted by Gasteiger charge is -2.21. The van der Waals surface area contributed by atoms with Crippen molar-refractivity contribution >= 4 is 18.3 Å². The molecule has 0 radical (unpaired) electrons. The maximum Gasteiger partial charge on any atom is 0.239 e. The molecule has 0 fully saturated rings. The lowest BCUT2D eigenvalue weighted by atomic mass is 10.0. The number of rotatable bonds is 5. The minimum absolute atomic E-state index is 0. The van der Waals surface area contributed by atoms with Gasteiger partial charge in [0, 0.05) is 6.54 Å². The molecule has 0 aromatic carbocycles. The molecule has 0 bridgehead atoms. The van der Waals surface area contributed by atoms with Crippen LogP contribution in [0.3, 0.4) is 0 Å². The normalized spacial score (nSPS) is 15.1. The van der Waals surface area contributed by atoms with Crippen molar-refractivity contribution in [3.63, 3.8) is 0 Å². The lowest BCUT2D eigenvalue weighted by Crippen LogP contribution is -2.51. The van der Waals surface area contributed by atoms with Crippen molar-refractivity contribution in [2.24, 2.45) is 11.7 Å². The third-order valence-corrected chi connectivity index (χ3v) is 2.36. The number of aliphatic hydroxyl groups excluding tert-OH is 1. The van der Waals surface area contributed by atoms with Gasteiger partial charge < -0.3 is 16.2 Å². The highest BCUT2D eigenvalue weighted by molar-refractivity contribution is 5.85. The minimum Gasteiger partial charge on any atom is -0.391 e. The summed E-state index contributed by atoms with van der Waals surface area (Å²) in [5.74, 6) is -0.0453. The van der Waals surface area contributed by atoms with Crippen molar-refractivity contribution in [1.82, 2.24) is 5.32 Å². The van der Waals surface area contributed by atoms with Gasteiger partial charge in [-0.05, 0) is 19.8 Å². The summed E-state index contributed by atoms with van der Waals surface area (Å²) in [7, 11) is 0. The highest BCUT2D eigenvalue weighted by atomic mass is 35.5. The molecular formula is C10H23ClN2O2. The topological polar surface area (TPSA) is 75.3 Å². The SMILES string of the molecule is CCC(C)C(O)CNC(=O)C(C)(C)N.Cl. The minimum atomic E-state index is -0.880. The Kier molecular flexibility index (Phi) is 8.02. The van der Waals surface area contributed by atoms with E-state index in [2.05, 4.69) is 5.32 Å². The fourth-order valence-electron chi connectivity index (χ4n) is 0.898. The lowest BCUT2D eigenvalue weighted by molar-refractivity contribution is -0.125. The molecular weight excluding hydrogens is 216 g/mol. The first-order valence-corrected chi connectivity index (χ1v) is 5.04. The molecule has 0 rings (SSSR count). The van der Waals surface area contributed by atoms with E-state index in [4.69, 9.17) is 5.73 Å². The Morgan fingerprint density at radius 3 is 2.33 bits per heavy atom. The van der Waals surface area contributed by atoms with E-state index in [-0.39, 0.29) is 30.8 Å². The van der Waals surface area contributed by atoms with Crippen LogP contribution in [0.1, 0.15) is 34.1 Å². The number of halogens is 1. The predicted molar refractivity (Wildman–Crippen MR) is 64.0 cm³/mol. The number of carbonyl (C=O) groups excluding carboxylic acids is 1. The van der Waals surface area contributed by atoms with Crippen LogP contribution in [0.5, 0.6) is 0 Å². The highest BCUT2D eigenvalue weighted by Crippen LogP contribution is 2.06. The summed E-state index contributed by atoms with van der Waals surface area (Å²) < 4.78 is 0. The molecule has 92 valence electrons. The Hall–Kier alpha value is -0.320. The van der Waals surface area contributed by atoms with Gasteiger partial charge in [-0.2, -0.15) is 0 Å². The standard InChI is InChI=1S/C10H22N2O2.ClH/c1-5-7(2)8(13)6-12-9(14)10(3,4)11;/h7-8,13H,5-6,11H2,1-4H3,(H,12,14);1H. The summed E-state index contributed by atoms with van der Waals surface area (Å²) in [5, 5.41) is 12.2. The summed E-state index contributed by atoms with van der Waals surface area (Å²) in [6, 6.07) is 0. The molecule has 4 N–H and O–H groups in total. The van der Waals surface area contributed by atoms with Gasteiger partial charge in [0.15, 0.2) is 0 Å². The van der Waals surface area contributed by atoms with Gasteiger partial charge in [0.05, 0.1) is 11.6 Å². The second kappa shape index (κ2) is 7.04. The van der Waals surface area contributed by atoms with Crippen LogP contribution in [0.15, 0.2) is 0 Å². The van der Waals surface area contributed by atoms with E-state index in [1.807, 2.05) is 13.8 Å². The van der Waals surface area contributed by atoms with E-state index in [1.54, 1.807) is 13.8 Å². The Morgan fingerprint density at radius 1 is 1.53 bits per heavy atom. The zero-order chi connectivity index (χ0) is 11.4. The molecule has 4 nitrogen and oxygen atoms in total. The average Bonchev–Trinajstić information content (AvgIpc) is 2.10. The largest absolute Gasteiger partial charge is 0.391 e. The van der Waals surface area contributed by atoms with Crippen LogP contribution in [0.4, 0.5) is 0 Å². The number of carbonyl (C=O) groups is 1. The van der Waals surface area contributed by atoms with Crippen molar-refractivity contribution in [3.8, 4) is 0 Å². The van der Waals surface area contributed by atoms with Crippen LogP contribution in [0.2, 0.25) is 0 Å². The van der Waals surface area contributed by atoms with Gasteiger partial charge in [-0.1, -0.05) is 20.3 Å². The summed E-state index contributed by atoms with van der Waals surface area (Å²) in [6.07, 6.45) is 0.398. The zero-order valence-corrected chi connectivity index (χ0v) is 10.7. The monoisotopic (exact) mass is 238 g/mol. The quantitative estimate of drug-likeness (QED) is 0.659. The molecule has 0 spiro atoms. The van der Waals surface area contributed by atoms with E-state index in [1.165, 1.54) is 0 Å². The van der Waals surface area contributed by atoms with E-state index in [0.29, 0.717) is 0 Å². The van der Waals surface area contributed by atoms with E-state index in [9.17, 15) is 9.90 Å². The summed E-state index contributed by atoms with van der Waals surface area (Å²) >= 11 is 0. The second-order valence-electron chi connectivity index (χ2n) is 4.38. The molecule has 0 aliphatic carbocycles. The van der Waals surface area contributed by atoms with Crippen molar-refractivity contribution in [2.45, 2.75) is 45.8 Å². The van der Waals surface area contributed by atoms with Crippen LogP contribution in [0.25, 0.3) is 0 Å². The van der Waals surface area contributed by atoms with Crippen molar-refractivity contribution in [2.75, 3.05) is 6.54 Å². The molecule has 15 heavy (non-hydrogen) atoms. The Labute approximate surface area is 98.0 Å². The van der Waals surface area contributed by atoms with Crippen LogP contribution in [0, 0.1) is 5.92 Å². The van der Waals surface area contributed by atoms with Crippen LogP contribution in [-0.2, 0) is 4.79 Å². The maximum atomic E-state index is 11.3. The number of amides is 1. The van der Waals surface area contributed by atoms with Crippen LogP contribution < -0.4 is 11.1 Å². The van der Waals surface area contributed by atoms with Crippen molar-refractivity contribution < 1.29 is 9.90 Å². The molecule has 0 aromatic heterocycles. The number of nitrogens with one attached hydrogen (secondary N) is 1. The summed E-state index contributed by atoms with van der Waals surface area (Å²) in [5.41, 5.74) is 4.70. The highest BCUT2D eigenvalue weighted by Gasteiger charge is 2.22. The van der Waals surface area contributed by atoms with Crippen molar-refractivity contribution in [3.05, 3.63) is 0 Å². The number of aliphatic hydroxyl groups is 1. The third-order valence-electron chi connectivity index (χ3n) is 2.36. The van der Waals surface area contributed by atoms with Gasteiger partial charge in [-0.25, -0.2) is 0 Å². The molecule has 0 aliphatic rings. The molecule has 0 aromatic rings. The van der Waals surface area contributed by atoms with Gasteiger partial charge in [0.1, 0.15) is 0 Å². The molecule has 0 saturated heterocycles. The van der Waals surface area contributed by atoms with Gasteiger partial charge >= 0.3 is 0 Å². The number of hydrogen-bond donors (Lipinski definition) is 3. The molecule has 2 atom stereocenters. The molecule has 2 unspecified atom stereocenters. The fraction of sp³-hybridized carbons (Fsp3) is 0.900. The average molecular weight is 239 g/mol. The Bertz CT molecular complexity index is 192. The first kappa shape index (κ1) is 17.1. The maximum absolute atomic E-state index is 11.3. The van der Waals surface area contributed by atoms with E-state index >= 15 is 0 Å². The Balaban J connectivity index is 0. The summed E-state index contributed by atoms with van der Waals surface area (Å²) in [4.78, 5) is 11.3. The van der Waals surface area contributed by atoms with Crippen LogP contribution in [-0.4, -0.2) is 29.2 Å². The van der Waals surface area contributed by atoms with Gasteiger partial charge in [0.25, 0.3) is 0 Å². The van der Waals surface area contributed by atoms with Gasteiger partial charge in [0.2, 0.25) is 5.91 Å². The van der Waals surface area contributed by atoms with Gasteiger partial charge in [-0.3, -0.25) is 4.79 Å². The van der Waals surface area contributed by atoms with E-state index < -0.39 is 11.6 Å². The van der Waals surface area contributed by atoms with Crippen molar-refractivity contribution in [1.29, 1.82) is 0 Å². The molecule has 0 heterocycles. The first-order chi connectivity index (χ1) is 6.29.